The second kappa shape index (κ2) is 5.23. The molecule has 0 spiro atoms. The van der Waals surface area contributed by atoms with Crippen molar-refractivity contribution < 1.29 is 18.3 Å². The van der Waals surface area contributed by atoms with Crippen LogP contribution in [0.25, 0.3) is 0 Å². The molecule has 0 aliphatic rings. The third-order valence-corrected chi connectivity index (χ3v) is 2.57. The Morgan fingerprint density at radius 2 is 1.94 bits per heavy atom. The van der Waals surface area contributed by atoms with Crippen molar-refractivity contribution in [3.63, 3.8) is 0 Å². The van der Waals surface area contributed by atoms with Gasteiger partial charge in [-0.05, 0) is 48.8 Å². The van der Waals surface area contributed by atoms with E-state index in [9.17, 15) is 13.6 Å². The van der Waals surface area contributed by atoms with Gasteiger partial charge in [-0.3, -0.25) is 4.79 Å². The standard InChI is InChI=1S/C12H13BrF2O2/c1-12(2,3)17-6-9(16)10-8(14)5-4-7(13)11(10)15/h4-5H,6H2,1-3H3. The van der Waals surface area contributed by atoms with Gasteiger partial charge >= 0.3 is 0 Å². The van der Waals surface area contributed by atoms with Crippen molar-refractivity contribution in [3.05, 3.63) is 33.8 Å². The minimum atomic E-state index is -0.896. The quantitative estimate of drug-likeness (QED) is 0.628. The molecular formula is C12H13BrF2O2. The highest BCUT2D eigenvalue weighted by molar-refractivity contribution is 9.10. The van der Waals surface area contributed by atoms with Crippen molar-refractivity contribution in [1.29, 1.82) is 0 Å². The molecule has 0 aromatic heterocycles. The lowest BCUT2D eigenvalue weighted by atomic mass is 10.1. The van der Waals surface area contributed by atoms with Crippen LogP contribution >= 0.6 is 15.9 Å². The van der Waals surface area contributed by atoms with E-state index in [4.69, 9.17) is 4.74 Å². The predicted octanol–water partition coefficient (Wildman–Crippen LogP) is 3.73. The zero-order valence-corrected chi connectivity index (χ0v) is 11.4. The SMILES string of the molecule is CC(C)(C)OCC(=O)c1c(F)ccc(Br)c1F. The summed E-state index contributed by atoms with van der Waals surface area (Å²) in [5.74, 6) is -2.49. The summed E-state index contributed by atoms with van der Waals surface area (Å²) < 4.78 is 32.2. The number of halogens is 3. The zero-order chi connectivity index (χ0) is 13.2. The molecule has 5 heteroatoms. The van der Waals surface area contributed by atoms with Crippen LogP contribution in [0, 0.1) is 11.6 Å². The Morgan fingerprint density at radius 3 is 2.47 bits per heavy atom. The van der Waals surface area contributed by atoms with E-state index in [1.165, 1.54) is 6.07 Å². The van der Waals surface area contributed by atoms with Crippen LogP contribution in [-0.4, -0.2) is 18.0 Å². The Morgan fingerprint density at radius 1 is 1.35 bits per heavy atom. The van der Waals surface area contributed by atoms with Gasteiger partial charge in [0.1, 0.15) is 12.4 Å². The van der Waals surface area contributed by atoms with Gasteiger partial charge in [0.15, 0.2) is 11.6 Å². The van der Waals surface area contributed by atoms with Gasteiger partial charge in [0, 0.05) is 0 Å². The molecule has 1 aromatic rings. The molecule has 0 N–H and O–H groups in total. The second-order valence-corrected chi connectivity index (χ2v) is 5.40. The van der Waals surface area contributed by atoms with E-state index in [1.807, 2.05) is 0 Å². The molecule has 0 atom stereocenters. The Labute approximate surface area is 107 Å². The van der Waals surface area contributed by atoms with E-state index < -0.39 is 28.6 Å². The van der Waals surface area contributed by atoms with E-state index in [0.717, 1.165) is 6.07 Å². The third kappa shape index (κ3) is 3.85. The summed E-state index contributed by atoms with van der Waals surface area (Å²) in [5.41, 5.74) is -1.10. The first kappa shape index (κ1) is 14.3. The topological polar surface area (TPSA) is 26.3 Å². The molecular weight excluding hydrogens is 294 g/mol. The minimum Gasteiger partial charge on any atom is -0.368 e. The monoisotopic (exact) mass is 306 g/mol. The highest BCUT2D eigenvalue weighted by Gasteiger charge is 2.21. The van der Waals surface area contributed by atoms with Crippen LogP contribution in [0.4, 0.5) is 8.78 Å². The molecule has 94 valence electrons. The van der Waals surface area contributed by atoms with Crippen LogP contribution in [0.5, 0.6) is 0 Å². The molecule has 0 bridgehead atoms. The van der Waals surface area contributed by atoms with Crippen molar-refractivity contribution in [2.75, 3.05) is 6.61 Å². The van der Waals surface area contributed by atoms with E-state index in [-0.39, 0.29) is 11.1 Å². The Kier molecular flexibility index (Phi) is 4.38. The Balaban J connectivity index is 2.93. The largest absolute Gasteiger partial charge is 0.368 e. The maximum atomic E-state index is 13.6. The molecule has 17 heavy (non-hydrogen) atoms. The summed E-state index contributed by atoms with van der Waals surface area (Å²) in [6, 6.07) is 2.25. The van der Waals surface area contributed by atoms with E-state index in [2.05, 4.69) is 15.9 Å². The fourth-order valence-electron chi connectivity index (χ4n) is 1.14. The van der Waals surface area contributed by atoms with Crippen molar-refractivity contribution in [3.8, 4) is 0 Å². The molecule has 0 saturated carbocycles. The van der Waals surface area contributed by atoms with Gasteiger partial charge in [-0.15, -0.1) is 0 Å². The summed E-state index contributed by atoms with van der Waals surface area (Å²) in [7, 11) is 0. The molecule has 0 heterocycles. The van der Waals surface area contributed by atoms with Crippen molar-refractivity contribution in [2.24, 2.45) is 0 Å². The Bertz CT molecular complexity index is 439. The molecule has 2 nitrogen and oxygen atoms in total. The van der Waals surface area contributed by atoms with E-state index in [0.29, 0.717) is 0 Å². The van der Waals surface area contributed by atoms with Crippen molar-refractivity contribution in [2.45, 2.75) is 26.4 Å². The Hall–Kier alpha value is -0.810. The van der Waals surface area contributed by atoms with Gasteiger partial charge < -0.3 is 4.74 Å². The molecule has 0 aliphatic carbocycles. The van der Waals surface area contributed by atoms with Gasteiger partial charge in [0.25, 0.3) is 0 Å². The maximum absolute atomic E-state index is 13.6. The third-order valence-electron chi connectivity index (χ3n) is 1.96. The summed E-state index contributed by atoms with van der Waals surface area (Å²) in [6.45, 7) is 4.92. The first-order valence-corrected chi connectivity index (χ1v) is 5.82. The number of carbonyl (C=O) groups is 1. The minimum absolute atomic E-state index is 0.0537. The lowest BCUT2D eigenvalue weighted by Crippen LogP contribution is -2.24. The van der Waals surface area contributed by atoms with Gasteiger partial charge in [0.05, 0.1) is 15.6 Å². The van der Waals surface area contributed by atoms with Gasteiger partial charge in [-0.25, -0.2) is 8.78 Å². The molecule has 1 rings (SSSR count). The highest BCUT2D eigenvalue weighted by atomic mass is 79.9. The number of benzene rings is 1. The van der Waals surface area contributed by atoms with Crippen LogP contribution in [-0.2, 0) is 4.74 Å². The average molecular weight is 307 g/mol. The number of rotatable bonds is 3. The first-order valence-electron chi connectivity index (χ1n) is 5.03. The molecule has 0 aliphatic heterocycles. The number of Topliss-reactive ketones (excluding diaryl/α,β-unsaturated/α-hetero) is 1. The molecule has 1 aromatic carbocycles. The molecule has 0 amide bonds. The fourth-order valence-corrected chi connectivity index (χ4v) is 1.47. The van der Waals surface area contributed by atoms with Crippen LogP contribution in [0.2, 0.25) is 0 Å². The highest BCUT2D eigenvalue weighted by Crippen LogP contribution is 2.22. The number of hydrogen-bond donors (Lipinski definition) is 0. The molecule has 0 fully saturated rings. The van der Waals surface area contributed by atoms with Crippen LogP contribution < -0.4 is 0 Å². The summed E-state index contributed by atoms with van der Waals surface area (Å²) in [4.78, 5) is 11.7. The van der Waals surface area contributed by atoms with Crippen molar-refractivity contribution in [1.82, 2.24) is 0 Å². The predicted molar refractivity (Wildman–Crippen MR) is 64.1 cm³/mol. The molecule has 0 radical (unpaired) electrons. The normalized spacial score (nSPS) is 11.6. The number of hydrogen-bond acceptors (Lipinski definition) is 2. The lowest BCUT2D eigenvalue weighted by molar-refractivity contribution is 0.00272. The summed E-state index contributed by atoms with van der Waals surface area (Å²) >= 11 is 2.90. The van der Waals surface area contributed by atoms with Crippen LogP contribution in [0.1, 0.15) is 31.1 Å². The average Bonchev–Trinajstić information content (AvgIpc) is 2.20. The smallest absolute Gasteiger partial charge is 0.194 e. The maximum Gasteiger partial charge on any atom is 0.194 e. The molecule has 0 saturated heterocycles. The van der Waals surface area contributed by atoms with E-state index in [1.54, 1.807) is 20.8 Å². The number of ether oxygens (including phenoxy) is 1. The van der Waals surface area contributed by atoms with Gasteiger partial charge in [0.2, 0.25) is 0 Å². The van der Waals surface area contributed by atoms with E-state index >= 15 is 0 Å². The van der Waals surface area contributed by atoms with Gasteiger partial charge in [-0.1, -0.05) is 0 Å². The van der Waals surface area contributed by atoms with Crippen molar-refractivity contribution >= 4 is 21.7 Å². The summed E-state index contributed by atoms with van der Waals surface area (Å²) in [5, 5.41) is 0. The van der Waals surface area contributed by atoms with Crippen LogP contribution in [0.3, 0.4) is 0 Å². The molecule has 0 unspecified atom stereocenters. The zero-order valence-electron chi connectivity index (χ0n) is 9.81. The number of carbonyl (C=O) groups excluding carboxylic acids is 1. The second-order valence-electron chi connectivity index (χ2n) is 4.54. The fraction of sp³-hybridized carbons (Fsp3) is 0.417. The first-order chi connectivity index (χ1) is 7.72. The lowest BCUT2D eigenvalue weighted by Gasteiger charge is -2.19. The summed E-state index contributed by atoms with van der Waals surface area (Å²) in [6.07, 6.45) is 0. The van der Waals surface area contributed by atoms with Crippen LogP contribution in [0.15, 0.2) is 16.6 Å². The van der Waals surface area contributed by atoms with Gasteiger partial charge in [-0.2, -0.15) is 0 Å². The number of ketones is 1.